The number of pyridine rings is 1. The Labute approximate surface area is 149 Å². The summed E-state index contributed by atoms with van der Waals surface area (Å²) in [6, 6.07) is 12.2. The Morgan fingerprint density at radius 2 is 1.77 bits per heavy atom. The van der Waals surface area contributed by atoms with Crippen molar-refractivity contribution >= 4 is 32.7 Å². The predicted molar refractivity (Wildman–Crippen MR) is 95.8 cm³/mol. The number of aryl methyl sites for hydroxylation is 1. The number of nitrogens with two attached hydrogens (primary N) is 1. The van der Waals surface area contributed by atoms with Crippen LogP contribution in [-0.2, 0) is 10.1 Å². The molecule has 26 heavy (non-hydrogen) atoms. The van der Waals surface area contributed by atoms with E-state index in [0.29, 0.717) is 6.07 Å². The first-order valence-corrected chi connectivity index (χ1v) is 8.69. The number of carboxylic acids is 1. The van der Waals surface area contributed by atoms with Gasteiger partial charge in [0.2, 0.25) is 0 Å². The summed E-state index contributed by atoms with van der Waals surface area (Å²) in [6.45, 7) is 1.95. The average molecular weight is 376 g/mol. The molecule has 0 aliphatic heterocycles. The lowest BCUT2D eigenvalue weighted by atomic mass is 10.2. The van der Waals surface area contributed by atoms with Crippen molar-refractivity contribution in [1.29, 1.82) is 0 Å². The van der Waals surface area contributed by atoms with E-state index < -0.39 is 32.3 Å². The Balaban J connectivity index is 0.000000189. The van der Waals surface area contributed by atoms with Crippen LogP contribution in [0.3, 0.4) is 0 Å². The van der Waals surface area contributed by atoms with Gasteiger partial charge >= 0.3 is 5.97 Å². The largest absolute Gasteiger partial charge is 0.507 e. The van der Waals surface area contributed by atoms with Crippen molar-refractivity contribution in [3.8, 4) is 5.75 Å². The summed E-state index contributed by atoms with van der Waals surface area (Å²) in [5.41, 5.74) is 7.97. The van der Waals surface area contributed by atoms with Gasteiger partial charge in [-0.2, -0.15) is 8.42 Å². The number of carbonyl (C=O) groups is 1. The topological polar surface area (TPSA) is 151 Å². The number of nitrogen functional groups attached to an aromatic ring is 1. The van der Waals surface area contributed by atoms with Crippen LogP contribution in [-0.4, -0.2) is 34.1 Å². The number of aromatic nitrogens is 1. The second kappa shape index (κ2) is 7.38. The zero-order valence-corrected chi connectivity index (χ0v) is 14.4. The monoisotopic (exact) mass is 376 g/mol. The number of para-hydroxylation sites is 1. The van der Waals surface area contributed by atoms with Crippen LogP contribution < -0.4 is 5.73 Å². The number of aromatic hydroxyl groups is 1. The van der Waals surface area contributed by atoms with Gasteiger partial charge < -0.3 is 15.9 Å². The van der Waals surface area contributed by atoms with Crippen LogP contribution in [0.15, 0.2) is 53.4 Å². The molecule has 0 fully saturated rings. The van der Waals surface area contributed by atoms with E-state index in [2.05, 4.69) is 4.98 Å². The Bertz CT molecular complexity index is 1080. The minimum absolute atomic E-state index is 0.565. The van der Waals surface area contributed by atoms with Crippen molar-refractivity contribution in [2.24, 2.45) is 0 Å². The molecule has 0 saturated heterocycles. The molecule has 8 nitrogen and oxygen atoms in total. The van der Waals surface area contributed by atoms with Crippen molar-refractivity contribution in [1.82, 2.24) is 4.98 Å². The number of fused-ring (bicyclic) bond motifs is 1. The molecule has 3 rings (SSSR count). The summed E-state index contributed by atoms with van der Waals surface area (Å²) in [5.74, 6) is -2.04. The zero-order chi connectivity index (χ0) is 19.5. The predicted octanol–water partition coefficient (Wildman–Crippen LogP) is 2.46. The van der Waals surface area contributed by atoms with Gasteiger partial charge in [-0.3, -0.25) is 9.54 Å². The third-order valence-electron chi connectivity index (χ3n) is 3.37. The van der Waals surface area contributed by atoms with Gasteiger partial charge in [-0.15, -0.1) is 0 Å². The number of benzene rings is 2. The highest BCUT2D eigenvalue weighted by Crippen LogP contribution is 2.21. The molecular weight excluding hydrogens is 360 g/mol. The molecule has 0 atom stereocenters. The lowest BCUT2D eigenvalue weighted by molar-refractivity contribution is 0.0693. The number of nitrogens with zero attached hydrogens (tertiary/aromatic N) is 1. The molecule has 1 heterocycles. The van der Waals surface area contributed by atoms with E-state index in [0.717, 1.165) is 34.4 Å². The summed E-state index contributed by atoms with van der Waals surface area (Å²) in [6.07, 6.45) is 0. The first kappa shape index (κ1) is 19.2. The zero-order valence-electron chi connectivity index (χ0n) is 13.6. The Kier molecular flexibility index (Phi) is 5.44. The molecule has 0 unspecified atom stereocenters. The number of hydrogen-bond donors (Lipinski definition) is 4. The lowest BCUT2D eigenvalue weighted by Crippen LogP contribution is -2.02. The van der Waals surface area contributed by atoms with E-state index in [1.807, 2.05) is 37.3 Å². The van der Waals surface area contributed by atoms with Crippen molar-refractivity contribution in [2.45, 2.75) is 11.8 Å². The maximum Gasteiger partial charge on any atom is 0.339 e. The molecular formula is C17H16N2O6S. The third-order valence-corrected chi connectivity index (χ3v) is 4.22. The fraction of sp³-hybridized carbons (Fsp3) is 0.0588. The molecule has 0 aliphatic carbocycles. The summed E-state index contributed by atoms with van der Waals surface area (Å²) in [4.78, 5) is 14.2. The maximum absolute atomic E-state index is 10.6. The highest BCUT2D eigenvalue weighted by atomic mass is 32.2. The first-order chi connectivity index (χ1) is 12.1. The van der Waals surface area contributed by atoms with Crippen LogP contribution in [0.1, 0.15) is 16.1 Å². The van der Waals surface area contributed by atoms with Crippen molar-refractivity contribution in [3.05, 3.63) is 59.8 Å². The van der Waals surface area contributed by atoms with Crippen molar-refractivity contribution in [3.63, 3.8) is 0 Å². The number of rotatable bonds is 2. The standard InChI is InChI=1S/C10H10N2.C7H6O6S/c1-7-6-9(11)8-4-2-3-5-10(8)12-7;8-6-2-1-4(14(11,12)13)3-5(6)7(9)10/h2-6H,1H3,(H2,11,12);1-3,8H,(H,9,10)(H,11,12,13). The Morgan fingerprint density at radius 1 is 1.12 bits per heavy atom. The molecule has 0 saturated carbocycles. The summed E-state index contributed by atoms with van der Waals surface area (Å²) >= 11 is 0. The minimum Gasteiger partial charge on any atom is -0.507 e. The van der Waals surface area contributed by atoms with E-state index in [1.165, 1.54) is 0 Å². The van der Waals surface area contributed by atoms with Crippen LogP contribution in [0.2, 0.25) is 0 Å². The van der Waals surface area contributed by atoms with Gasteiger partial charge in [-0.05, 0) is 37.3 Å². The molecule has 0 spiro atoms. The maximum atomic E-state index is 10.6. The van der Waals surface area contributed by atoms with E-state index in [-0.39, 0.29) is 0 Å². The second-order valence-corrected chi connectivity index (χ2v) is 6.75. The van der Waals surface area contributed by atoms with E-state index >= 15 is 0 Å². The van der Waals surface area contributed by atoms with Gasteiger partial charge in [-0.1, -0.05) is 18.2 Å². The Morgan fingerprint density at radius 3 is 2.38 bits per heavy atom. The number of carboxylic acid groups (broad SMARTS) is 1. The number of phenols is 1. The molecule has 3 aromatic rings. The number of aromatic carboxylic acids is 1. The van der Waals surface area contributed by atoms with Gasteiger partial charge in [0, 0.05) is 16.8 Å². The third kappa shape index (κ3) is 4.47. The summed E-state index contributed by atoms with van der Waals surface area (Å²) < 4.78 is 29.8. The summed E-state index contributed by atoms with van der Waals surface area (Å²) in [5, 5.41) is 18.6. The second-order valence-electron chi connectivity index (χ2n) is 5.33. The number of hydrogen-bond acceptors (Lipinski definition) is 6. The molecule has 0 bridgehead atoms. The fourth-order valence-corrected chi connectivity index (χ4v) is 2.69. The van der Waals surface area contributed by atoms with Gasteiger partial charge in [0.15, 0.2) is 0 Å². The van der Waals surface area contributed by atoms with Crippen LogP contribution in [0.25, 0.3) is 10.9 Å². The van der Waals surface area contributed by atoms with Crippen molar-refractivity contribution in [2.75, 3.05) is 5.73 Å². The highest BCUT2D eigenvalue weighted by molar-refractivity contribution is 7.85. The quantitative estimate of drug-likeness (QED) is 0.498. The SMILES string of the molecule is Cc1cc(N)c2ccccc2n1.O=C(O)c1cc(S(=O)(=O)O)ccc1O. The summed E-state index contributed by atoms with van der Waals surface area (Å²) in [7, 11) is -4.45. The molecule has 0 radical (unpaired) electrons. The fourth-order valence-electron chi connectivity index (χ4n) is 2.19. The average Bonchev–Trinajstić information content (AvgIpc) is 2.54. The highest BCUT2D eigenvalue weighted by Gasteiger charge is 2.16. The van der Waals surface area contributed by atoms with Gasteiger partial charge in [-0.25, -0.2) is 4.79 Å². The molecule has 5 N–H and O–H groups in total. The van der Waals surface area contributed by atoms with E-state index in [4.69, 9.17) is 20.5 Å². The molecule has 136 valence electrons. The van der Waals surface area contributed by atoms with Crippen molar-refractivity contribution < 1.29 is 28.0 Å². The van der Waals surface area contributed by atoms with Gasteiger partial charge in [0.25, 0.3) is 10.1 Å². The van der Waals surface area contributed by atoms with Crippen LogP contribution in [0.5, 0.6) is 5.75 Å². The Hall–Kier alpha value is -3.17. The van der Waals surface area contributed by atoms with Crippen LogP contribution in [0, 0.1) is 6.92 Å². The molecule has 0 amide bonds. The van der Waals surface area contributed by atoms with Crippen LogP contribution in [0.4, 0.5) is 5.69 Å². The van der Waals surface area contributed by atoms with Gasteiger partial charge in [0.1, 0.15) is 11.3 Å². The molecule has 0 aliphatic rings. The normalized spacial score (nSPS) is 10.8. The minimum atomic E-state index is -4.45. The van der Waals surface area contributed by atoms with E-state index in [1.54, 1.807) is 0 Å². The number of anilines is 1. The molecule has 2 aromatic carbocycles. The molecule has 1 aromatic heterocycles. The lowest BCUT2D eigenvalue weighted by Gasteiger charge is -2.01. The molecule has 9 heteroatoms. The van der Waals surface area contributed by atoms with E-state index in [9.17, 15) is 13.2 Å². The first-order valence-electron chi connectivity index (χ1n) is 7.25. The van der Waals surface area contributed by atoms with Crippen LogP contribution >= 0.6 is 0 Å². The smallest absolute Gasteiger partial charge is 0.339 e. The van der Waals surface area contributed by atoms with Gasteiger partial charge in [0.05, 0.1) is 10.4 Å².